The maximum atomic E-state index is 13.1. The summed E-state index contributed by atoms with van der Waals surface area (Å²) < 4.78 is 11.2. The zero-order chi connectivity index (χ0) is 55.2. The number of rotatable bonds is 57. The summed E-state index contributed by atoms with van der Waals surface area (Å²) in [5.74, 6) is -0.626. The molecule has 1 fully saturated rings. The predicted octanol–water partition coefficient (Wildman–Crippen LogP) is 16.1. The van der Waals surface area contributed by atoms with Gasteiger partial charge in [-0.05, 0) is 44.9 Å². The Morgan fingerprint density at radius 2 is 0.776 bits per heavy atom. The Morgan fingerprint density at radius 3 is 1.14 bits per heavy atom. The van der Waals surface area contributed by atoms with Gasteiger partial charge in [0.25, 0.3) is 0 Å². The molecule has 1 saturated heterocycles. The van der Waals surface area contributed by atoms with Gasteiger partial charge in [-0.2, -0.15) is 0 Å². The zero-order valence-electron chi connectivity index (χ0n) is 49.6. The molecule has 10 nitrogen and oxygen atoms in total. The van der Waals surface area contributed by atoms with Crippen LogP contribution in [0.4, 0.5) is 0 Å². The third-order valence-corrected chi connectivity index (χ3v) is 15.8. The summed E-state index contributed by atoms with van der Waals surface area (Å²) in [5.41, 5.74) is 0. The van der Waals surface area contributed by atoms with Gasteiger partial charge in [-0.25, -0.2) is 0 Å². The summed E-state index contributed by atoms with van der Waals surface area (Å²) in [5, 5.41) is 65.0. The van der Waals surface area contributed by atoms with Crippen LogP contribution < -0.4 is 5.32 Å². The van der Waals surface area contributed by atoms with Crippen molar-refractivity contribution in [3.63, 3.8) is 0 Å². The van der Waals surface area contributed by atoms with Crippen molar-refractivity contribution in [2.45, 2.75) is 365 Å². The van der Waals surface area contributed by atoms with Crippen LogP contribution in [0.3, 0.4) is 0 Å². The third kappa shape index (κ3) is 43.2. The lowest BCUT2D eigenvalue weighted by molar-refractivity contribution is -0.302. The van der Waals surface area contributed by atoms with Gasteiger partial charge in [0.1, 0.15) is 30.5 Å². The fourth-order valence-electron chi connectivity index (χ4n) is 10.6. The van der Waals surface area contributed by atoms with Crippen molar-refractivity contribution in [2.24, 2.45) is 0 Å². The smallest absolute Gasteiger partial charge is 0.249 e. The van der Waals surface area contributed by atoms with Gasteiger partial charge in [0, 0.05) is 0 Å². The van der Waals surface area contributed by atoms with Crippen LogP contribution >= 0.6 is 0 Å². The van der Waals surface area contributed by atoms with Crippen molar-refractivity contribution in [3.8, 4) is 0 Å². The largest absolute Gasteiger partial charge is 0.394 e. The molecule has 0 aromatic heterocycles. The molecule has 0 radical (unpaired) electrons. The second-order valence-electron chi connectivity index (χ2n) is 23.0. The van der Waals surface area contributed by atoms with Crippen LogP contribution in [-0.4, -0.2) is 98.7 Å². The minimum absolute atomic E-state index is 0.304. The van der Waals surface area contributed by atoms with Gasteiger partial charge in [0.15, 0.2) is 6.29 Å². The second-order valence-corrected chi connectivity index (χ2v) is 23.0. The van der Waals surface area contributed by atoms with E-state index >= 15 is 0 Å². The van der Waals surface area contributed by atoms with E-state index < -0.39 is 61.5 Å². The van der Waals surface area contributed by atoms with E-state index in [9.17, 15) is 35.4 Å². The number of aliphatic hydroxyl groups excluding tert-OH is 6. The molecule has 0 bridgehead atoms. The van der Waals surface area contributed by atoms with Crippen LogP contribution in [0.5, 0.6) is 0 Å². The first-order valence-electron chi connectivity index (χ1n) is 32.8. The Kier molecular flexibility index (Phi) is 52.7. The normalized spacial score (nSPS) is 19.4. The topological polar surface area (TPSA) is 169 Å². The minimum Gasteiger partial charge on any atom is -0.394 e. The summed E-state index contributed by atoms with van der Waals surface area (Å²) in [6.45, 7) is 3.59. The standard InChI is InChI=1S/C66H125NO9/c1-3-5-7-9-11-13-15-17-18-19-20-21-22-23-24-25-26-27-28-29-30-31-32-33-34-35-36-37-38-39-40-41-43-45-47-49-51-53-55-60(70)65(74)67-58(57-75-66-64(73)63(72)62(71)61(56-68)76-66)59(69)54-52-50-48-46-44-42-16-14-12-10-8-6-4-2/h12,14,44,46,52,54,58-64,66,68-73H,3-11,13,15-43,45,47-51,53,55-57H2,1-2H3,(H,67,74)/b14-12+,46-44+,54-52+. The van der Waals surface area contributed by atoms with E-state index in [0.717, 1.165) is 44.9 Å². The molecule has 448 valence electrons. The monoisotopic (exact) mass is 1080 g/mol. The lowest BCUT2D eigenvalue weighted by atomic mass is 9.99. The number of nitrogens with one attached hydrogen (secondary N) is 1. The molecule has 0 aliphatic carbocycles. The van der Waals surface area contributed by atoms with E-state index in [4.69, 9.17) is 9.47 Å². The molecule has 0 aromatic carbocycles. The second kappa shape index (κ2) is 55.3. The van der Waals surface area contributed by atoms with Crippen molar-refractivity contribution in [3.05, 3.63) is 36.5 Å². The highest BCUT2D eigenvalue weighted by atomic mass is 16.7. The number of carbonyl (C=O) groups is 1. The number of unbranched alkanes of at least 4 members (excludes halogenated alkanes) is 42. The molecule has 0 spiro atoms. The quantitative estimate of drug-likeness (QED) is 0.0232. The number of amides is 1. The first-order chi connectivity index (χ1) is 37.3. The van der Waals surface area contributed by atoms with E-state index in [1.807, 2.05) is 6.08 Å². The summed E-state index contributed by atoms with van der Waals surface area (Å²) >= 11 is 0. The molecule has 8 atom stereocenters. The van der Waals surface area contributed by atoms with E-state index in [-0.39, 0.29) is 6.61 Å². The highest BCUT2D eigenvalue weighted by molar-refractivity contribution is 5.80. The number of allylic oxidation sites excluding steroid dienone is 5. The van der Waals surface area contributed by atoms with Gasteiger partial charge in [-0.3, -0.25) is 4.79 Å². The maximum absolute atomic E-state index is 13.1. The summed E-state index contributed by atoms with van der Waals surface area (Å²) in [7, 11) is 0. The van der Waals surface area contributed by atoms with E-state index in [0.29, 0.717) is 19.3 Å². The predicted molar refractivity (Wildman–Crippen MR) is 319 cm³/mol. The average molecular weight is 1080 g/mol. The molecule has 7 N–H and O–H groups in total. The van der Waals surface area contributed by atoms with Crippen molar-refractivity contribution >= 4 is 5.91 Å². The van der Waals surface area contributed by atoms with E-state index in [1.54, 1.807) is 6.08 Å². The van der Waals surface area contributed by atoms with Crippen LogP contribution in [0.1, 0.15) is 316 Å². The van der Waals surface area contributed by atoms with E-state index in [1.165, 1.54) is 238 Å². The number of ether oxygens (including phenoxy) is 2. The highest BCUT2D eigenvalue weighted by Gasteiger charge is 2.44. The SMILES string of the molecule is CCCCC/C=C/CC/C=C/CC/C=C/C(O)C(COC1OC(CO)C(O)C(O)C1O)NC(=O)C(O)CCCCCCCCCCCCCCCCCCCCCCCCCCCCCCCCCCCCCCCC. The Balaban J connectivity index is 2.06. The molecule has 76 heavy (non-hydrogen) atoms. The number of hydrogen-bond acceptors (Lipinski definition) is 9. The highest BCUT2D eigenvalue weighted by Crippen LogP contribution is 2.23. The number of aliphatic hydroxyl groups is 6. The molecule has 1 aliphatic heterocycles. The lowest BCUT2D eigenvalue weighted by Crippen LogP contribution is -2.60. The fraction of sp³-hybridized carbons (Fsp3) is 0.894. The van der Waals surface area contributed by atoms with Crippen LogP contribution in [-0.2, 0) is 14.3 Å². The molecule has 8 unspecified atom stereocenters. The van der Waals surface area contributed by atoms with Gasteiger partial charge in [-0.15, -0.1) is 0 Å². The zero-order valence-corrected chi connectivity index (χ0v) is 49.6. The first-order valence-corrected chi connectivity index (χ1v) is 32.8. The summed E-state index contributed by atoms with van der Waals surface area (Å²) in [4.78, 5) is 13.1. The molecule has 1 aliphatic rings. The van der Waals surface area contributed by atoms with Gasteiger partial charge < -0.3 is 45.4 Å². The van der Waals surface area contributed by atoms with Crippen molar-refractivity contribution in [2.75, 3.05) is 13.2 Å². The molecule has 1 heterocycles. The third-order valence-electron chi connectivity index (χ3n) is 15.8. The number of carbonyl (C=O) groups excluding carboxylic acids is 1. The van der Waals surface area contributed by atoms with Crippen LogP contribution in [0, 0.1) is 0 Å². The Bertz CT molecular complexity index is 1310. The maximum Gasteiger partial charge on any atom is 0.249 e. The number of hydrogen-bond donors (Lipinski definition) is 7. The fourth-order valence-corrected chi connectivity index (χ4v) is 10.6. The lowest BCUT2D eigenvalue weighted by Gasteiger charge is -2.40. The molecule has 10 heteroatoms. The minimum atomic E-state index is -1.62. The molecule has 0 saturated carbocycles. The van der Waals surface area contributed by atoms with Gasteiger partial charge in [0.2, 0.25) is 5.91 Å². The summed E-state index contributed by atoms with van der Waals surface area (Å²) in [6.07, 6.45) is 63.1. The van der Waals surface area contributed by atoms with E-state index in [2.05, 4.69) is 43.5 Å². The molecule has 0 aromatic rings. The Morgan fingerprint density at radius 1 is 0.447 bits per heavy atom. The van der Waals surface area contributed by atoms with Crippen molar-refractivity contribution in [1.82, 2.24) is 5.32 Å². The van der Waals surface area contributed by atoms with Crippen LogP contribution in [0.15, 0.2) is 36.5 Å². The van der Waals surface area contributed by atoms with Gasteiger partial charge in [0.05, 0.1) is 25.4 Å². The summed E-state index contributed by atoms with van der Waals surface area (Å²) in [6, 6.07) is -1.00. The molecule has 1 amide bonds. The average Bonchev–Trinajstić information content (AvgIpc) is 3.42. The van der Waals surface area contributed by atoms with Gasteiger partial charge >= 0.3 is 0 Å². The molecular formula is C66H125NO9. The Labute approximate surface area is 468 Å². The van der Waals surface area contributed by atoms with Crippen LogP contribution in [0.2, 0.25) is 0 Å². The molecule has 1 rings (SSSR count). The van der Waals surface area contributed by atoms with Crippen molar-refractivity contribution in [1.29, 1.82) is 0 Å². The first kappa shape index (κ1) is 72.4. The van der Waals surface area contributed by atoms with Crippen LogP contribution in [0.25, 0.3) is 0 Å². The van der Waals surface area contributed by atoms with Crippen molar-refractivity contribution < 1.29 is 44.9 Å². The van der Waals surface area contributed by atoms with Gasteiger partial charge in [-0.1, -0.05) is 307 Å². The Hall–Kier alpha value is -1.63. The molecular weight excluding hydrogens is 951 g/mol.